The molecule has 0 bridgehead atoms. The SMILES string of the molecule is CC(=O)O[C@H]1C[C@@]2(C)[C@@H](C[C@@H](O)[C@H]3[C@@]4(C)CC[C@@H](O)[C@@H](C)[C@@H]4CC[C@@]32C)/C1=C(\CCC=C(C)C)C(=O)NNS(=O)(=O)c1ccc(Cl)cc1. The third kappa shape index (κ3) is 6.41. The monoisotopic (exact) mass is 704 g/mol. The number of hydrogen-bond donors (Lipinski definition) is 4. The molecule has 10 atom stereocenters. The van der Waals surface area contributed by atoms with E-state index in [1.807, 2.05) is 19.9 Å². The maximum Gasteiger partial charge on any atom is 0.303 e. The Morgan fingerprint density at radius 2 is 1.69 bits per heavy atom. The second-order valence-electron chi connectivity index (χ2n) is 15.9. The number of esters is 1. The minimum absolute atomic E-state index is 0.0357. The molecule has 1 amide bonds. The smallest absolute Gasteiger partial charge is 0.303 e. The van der Waals surface area contributed by atoms with E-state index in [0.717, 1.165) is 24.8 Å². The second-order valence-corrected chi connectivity index (χ2v) is 18.0. The van der Waals surface area contributed by atoms with Gasteiger partial charge in [-0.25, -0.2) is 8.42 Å². The molecule has 4 saturated carbocycles. The van der Waals surface area contributed by atoms with Crippen molar-refractivity contribution in [2.45, 2.75) is 123 Å². The Labute approximate surface area is 291 Å². The third-order valence-corrected chi connectivity index (χ3v) is 14.5. The van der Waals surface area contributed by atoms with Crippen LogP contribution in [-0.4, -0.2) is 48.8 Å². The van der Waals surface area contributed by atoms with Crippen molar-refractivity contribution in [3.63, 3.8) is 0 Å². The van der Waals surface area contributed by atoms with E-state index in [9.17, 15) is 28.2 Å². The van der Waals surface area contributed by atoms with Gasteiger partial charge in [0.2, 0.25) is 0 Å². The van der Waals surface area contributed by atoms with Gasteiger partial charge in [0.25, 0.3) is 15.9 Å². The Bertz CT molecular complexity index is 1590. The van der Waals surface area contributed by atoms with Gasteiger partial charge in [-0.3, -0.25) is 15.0 Å². The largest absolute Gasteiger partial charge is 0.458 e. The summed E-state index contributed by atoms with van der Waals surface area (Å²) in [4.78, 5) is 28.9. The average molecular weight is 705 g/mol. The van der Waals surface area contributed by atoms with Gasteiger partial charge in [-0.1, -0.05) is 50.9 Å². The predicted octanol–water partition coefficient (Wildman–Crippen LogP) is 6.24. The van der Waals surface area contributed by atoms with Crippen molar-refractivity contribution in [2.24, 2.45) is 39.9 Å². The normalized spacial score (nSPS) is 38.6. The number of carbonyl (C=O) groups is 2. The van der Waals surface area contributed by atoms with Gasteiger partial charge in [0.1, 0.15) is 6.10 Å². The van der Waals surface area contributed by atoms with Gasteiger partial charge in [-0.05, 0) is 135 Å². The summed E-state index contributed by atoms with van der Waals surface area (Å²) in [6.07, 6.45) is 5.35. The molecule has 0 radical (unpaired) electrons. The molecule has 1 aromatic carbocycles. The van der Waals surface area contributed by atoms with Crippen molar-refractivity contribution in [1.29, 1.82) is 0 Å². The molecule has 4 aliphatic carbocycles. The maximum absolute atomic E-state index is 14.1. The van der Waals surface area contributed by atoms with Crippen LogP contribution in [0.25, 0.3) is 0 Å². The van der Waals surface area contributed by atoms with E-state index < -0.39 is 39.5 Å². The molecule has 1 aromatic rings. The Morgan fingerprint density at radius 1 is 1.02 bits per heavy atom. The minimum atomic E-state index is -4.11. The summed E-state index contributed by atoms with van der Waals surface area (Å²) in [7, 11) is -4.11. The van der Waals surface area contributed by atoms with Gasteiger partial charge >= 0.3 is 5.97 Å². The van der Waals surface area contributed by atoms with Crippen LogP contribution in [0.2, 0.25) is 5.02 Å². The lowest BCUT2D eigenvalue weighted by molar-refractivity contribution is -0.234. The second kappa shape index (κ2) is 13.5. The number of benzene rings is 1. The summed E-state index contributed by atoms with van der Waals surface area (Å²) in [6.45, 7) is 14.3. The number of hydrogen-bond acceptors (Lipinski definition) is 7. The first-order chi connectivity index (χ1) is 22.4. The van der Waals surface area contributed by atoms with Crippen molar-refractivity contribution in [1.82, 2.24) is 10.3 Å². The molecular weight excluding hydrogens is 652 g/mol. The van der Waals surface area contributed by atoms with E-state index in [1.165, 1.54) is 31.2 Å². The molecular formula is C37H53ClN2O7S. The number of hydrazine groups is 1. The van der Waals surface area contributed by atoms with Crippen molar-refractivity contribution in [2.75, 3.05) is 0 Å². The van der Waals surface area contributed by atoms with Crippen LogP contribution in [0, 0.1) is 39.9 Å². The first-order valence-electron chi connectivity index (χ1n) is 17.3. The van der Waals surface area contributed by atoms with Gasteiger partial charge < -0.3 is 14.9 Å². The van der Waals surface area contributed by atoms with Crippen LogP contribution in [0.5, 0.6) is 0 Å². The molecule has 0 saturated heterocycles. The van der Waals surface area contributed by atoms with E-state index in [4.69, 9.17) is 16.3 Å². The van der Waals surface area contributed by atoms with Gasteiger partial charge in [0.05, 0.1) is 17.1 Å². The molecule has 0 aromatic heterocycles. The standard InChI is InChI=1S/C37H53ClN2O7S/c1-21(2)9-8-10-26(34(44)39-40-48(45,46)25-13-11-24(38)12-14-25)32-28-19-30(43)33-35(5)17-16-29(42)22(3)27(35)15-18-36(33,6)37(28,7)20-31(32)47-23(4)41/h9,11-14,22,27-31,33,40,42-43H,8,10,15-20H2,1-7H3,(H,39,44)/b32-26-/t22-,27-,28-,29+,30+,31-,33-,35-,36-,37-/m0/s1. The Balaban J connectivity index is 1.57. The van der Waals surface area contributed by atoms with Crippen LogP contribution < -0.4 is 10.3 Å². The van der Waals surface area contributed by atoms with Crippen molar-refractivity contribution >= 4 is 33.5 Å². The number of aliphatic hydroxyl groups is 2. The number of carbonyl (C=O) groups excluding carboxylic acids is 2. The number of aliphatic hydroxyl groups excluding tert-OH is 2. The van der Waals surface area contributed by atoms with E-state index in [2.05, 4.69) is 38.0 Å². The molecule has 0 unspecified atom stereocenters. The number of amides is 1. The quantitative estimate of drug-likeness (QED) is 0.109. The van der Waals surface area contributed by atoms with Gasteiger partial charge in [0, 0.05) is 17.5 Å². The molecule has 4 aliphatic rings. The molecule has 5 rings (SSSR count). The van der Waals surface area contributed by atoms with Crippen molar-refractivity contribution < 1.29 is 33.0 Å². The fourth-order valence-electron chi connectivity index (χ4n) is 10.7. The highest BCUT2D eigenvalue weighted by atomic mass is 35.5. The van der Waals surface area contributed by atoms with Gasteiger partial charge in [-0.2, -0.15) is 0 Å². The van der Waals surface area contributed by atoms with Crippen LogP contribution in [0.4, 0.5) is 0 Å². The summed E-state index contributed by atoms with van der Waals surface area (Å²) in [5.41, 5.74) is 3.63. The summed E-state index contributed by atoms with van der Waals surface area (Å²) in [5, 5.41) is 23.4. The van der Waals surface area contributed by atoms with Crippen molar-refractivity contribution in [3.05, 3.63) is 52.1 Å². The third-order valence-electron chi connectivity index (χ3n) is 13.0. The Morgan fingerprint density at radius 3 is 2.31 bits per heavy atom. The Hall–Kier alpha value is -2.24. The zero-order valence-electron chi connectivity index (χ0n) is 29.3. The summed E-state index contributed by atoms with van der Waals surface area (Å²) >= 11 is 5.95. The van der Waals surface area contributed by atoms with Crippen LogP contribution in [0.1, 0.15) is 99.8 Å². The Kier molecular flexibility index (Phi) is 10.4. The number of fused-ring (bicyclic) bond motifs is 5. The molecule has 11 heteroatoms. The summed E-state index contributed by atoms with van der Waals surface area (Å²) in [5.74, 6) is -0.953. The summed E-state index contributed by atoms with van der Waals surface area (Å²) < 4.78 is 32.2. The lowest BCUT2D eigenvalue weighted by Crippen LogP contribution is -2.65. The van der Waals surface area contributed by atoms with Crippen LogP contribution in [0.3, 0.4) is 0 Å². The molecule has 0 aliphatic heterocycles. The minimum Gasteiger partial charge on any atom is -0.458 e. The fraction of sp³-hybridized carbons (Fsp3) is 0.676. The predicted molar refractivity (Wildman–Crippen MR) is 185 cm³/mol. The molecule has 0 heterocycles. The number of halogens is 1. The lowest BCUT2D eigenvalue weighted by Gasteiger charge is -2.69. The first-order valence-corrected chi connectivity index (χ1v) is 19.2. The van der Waals surface area contributed by atoms with E-state index >= 15 is 0 Å². The molecule has 266 valence electrons. The average Bonchev–Trinajstić information content (AvgIpc) is 3.27. The number of ether oxygens (including phenoxy) is 1. The zero-order valence-corrected chi connectivity index (χ0v) is 30.9. The fourth-order valence-corrected chi connectivity index (χ4v) is 11.6. The van der Waals surface area contributed by atoms with E-state index in [0.29, 0.717) is 48.3 Å². The summed E-state index contributed by atoms with van der Waals surface area (Å²) in [6, 6.07) is 5.63. The van der Waals surface area contributed by atoms with E-state index in [-0.39, 0.29) is 45.5 Å². The highest BCUT2D eigenvalue weighted by Gasteiger charge is 2.70. The highest BCUT2D eigenvalue weighted by molar-refractivity contribution is 7.89. The van der Waals surface area contributed by atoms with Gasteiger partial charge in [-0.15, -0.1) is 4.83 Å². The van der Waals surface area contributed by atoms with E-state index in [1.54, 1.807) is 0 Å². The van der Waals surface area contributed by atoms with Gasteiger partial charge in [0.15, 0.2) is 0 Å². The van der Waals surface area contributed by atoms with Crippen LogP contribution in [0.15, 0.2) is 52.0 Å². The molecule has 4 fully saturated rings. The van der Waals surface area contributed by atoms with Crippen molar-refractivity contribution in [3.8, 4) is 0 Å². The van der Waals surface area contributed by atoms with Crippen LogP contribution >= 0.6 is 11.6 Å². The number of sulfonamides is 1. The molecule has 0 spiro atoms. The maximum atomic E-state index is 14.1. The zero-order chi connectivity index (χ0) is 35.4. The topological polar surface area (TPSA) is 142 Å². The number of rotatable bonds is 8. The lowest BCUT2D eigenvalue weighted by atomic mass is 9.36. The molecule has 48 heavy (non-hydrogen) atoms. The highest BCUT2D eigenvalue weighted by Crippen LogP contribution is 2.74. The van der Waals surface area contributed by atoms with Crippen LogP contribution in [-0.2, 0) is 24.3 Å². The number of nitrogens with one attached hydrogen (secondary N) is 2. The molecule has 4 N–H and O–H groups in total. The number of allylic oxidation sites excluding steroid dienone is 2. The molecule has 9 nitrogen and oxygen atoms in total. The first kappa shape index (κ1) is 37.0.